The van der Waals surface area contributed by atoms with Crippen molar-refractivity contribution in [2.24, 2.45) is 0 Å². The Morgan fingerprint density at radius 1 is 1.07 bits per heavy atom. The second-order valence-electron chi connectivity index (χ2n) is 3.72. The van der Waals surface area contributed by atoms with Crippen LogP contribution in [-0.4, -0.2) is 0 Å². The van der Waals surface area contributed by atoms with Gasteiger partial charge in [-0.1, -0.05) is 60.7 Å². The topological polar surface area (TPSA) is 0 Å². The van der Waals surface area contributed by atoms with Crippen LogP contribution in [0.2, 0.25) is 0 Å². The second-order valence-corrected chi connectivity index (χ2v) is 3.72. The first-order chi connectivity index (χ1) is 7.40. The van der Waals surface area contributed by atoms with Gasteiger partial charge in [-0.05, 0) is 12.0 Å². The summed E-state index contributed by atoms with van der Waals surface area (Å²) in [6.07, 6.45) is 11.8. The molecule has 0 amide bonds. The van der Waals surface area contributed by atoms with Gasteiger partial charge in [0.1, 0.15) is 0 Å². The molecule has 0 heteroatoms. The highest BCUT2D eigenvalue weighted by Crippen LogP contribution is 2.26. The van der Waals surface area contributed by atoms with Crippen molar-refractivity contribution >= 4 is 0 Å². The number of hydrogen-bond donors (Lipinski definition) is 0. The number of hydrogen-bond acceptors (Lipinski definition) is 0. The Balaban J connectivity index is 2.08. The number of rotatable bonds is 3. The Labute approximate surface area is 91.6 Å². The molecule has 1 aliphatic carbocycles. The van der Waals surface area contributed by atoms with Crippen molar-refractivity contribution in [1.82, 2.24) is 0 Å². The standard InChI is InChI=1S/C15H15/c1-2-6-13-9-11-15(12-10-13)14-7-4-3-5-8-14/h2-5,7-12,15H,1,6H2. The Morgan fingerprint density at radius 2 is 1.73 bits per heavy atom. The van der Waals surface area contributed by atoms with Crippen LogP contribution in [0.4, 0.5) is 0 Å². The quantitative estimate of drug-likeness (QED) is 0.638. The maximum absolute atomic E-state index is 3.74. The molecule has 2 rings (SSSR count). The van der Waals surface area contributed by atoms with Crippen LogP contribution in [0, 0.1) is 5.92 Å². The lowest BCUT2D eigenvalue weighted by molar-refractivity contribution is 1.01. The van der Waals surface area contributed by atoms with Crippen molar-refractivity contribution in [1.29, 1.82) is 0 Å². The molecule has 75 valence electrons. The fourth-order valence-electron chi connectivity index (χ4n) is 1.77. The van der Waals surface area contributed by atoms with Crippen LogP contribution < -0.4 is 0 Å². The van der Waals surface area contributed by atoms with Gasteiger partial charge in [0.2, 0.25) is 0 Å². The van der Waals surface area contributed by atoms with E-state index in [0.717, 1.165) is 6.42 Å². The molecule has 0 fully saturated rings. The summed E-state index contributed by atoms with van der Waals surface area (Å²) in [5.41, 5.74) is 1.35. The fourth-order valence-corrected chi connectivity index (χ4v) is 1.77. The maximum Gasteiger partial charge on any atom is 0.0225 e. The molecule has 0 atom stereocenters. The van der Waals surface area contributed by atoms with E-state index in [4.69, 9.17) is 0 Å². The molecule has 1 aliphatic rings. The number of allylic oxidation sites excluding steroid dienone is 5. The predicted molar refractivity (Wildman–Crippen MR) is 65.5 cm³/mol. The van der Waals surface area contributed by atoms with E-state index < -0.39 is 0 Å². The van der Waals surface area contributed by atoms with Gasteiger partial charge in [0.15, 0.2) is 0 Å². The van der Waals surface area contributed by atoms with Crippen LogP contribution in [0.3, 0.4) is 0 Å². The monoisotopic (exact) mass is 195 g/mol. The van der Waals surface area contributed by atoms with Crippen molar-refractivity contribution < 1.29 is 0 Å². The molecule has 0 bridgehead atoms. The van der Waals surface area contributed by atoms with Crippen molar-refractivity contribution in [3.05, 3.63) is 78.8 Å². The largest absolute Gasteiger partial charge is 0.103 e. The molecule has 0 saturated carbocycles. The zero-order valence-electron chi connectivity index (χ0n) is 8.77. The van der Waals surface area contributed by atoms with Gasteiger partial charge in [0, 0.05) is 11.8 Å². The van der Waals surface area contributed by atoms with Gasteiger partial charge in [-0.2, -0.15) is 0 Å². The van der Waals surface area contributed by atoms with Crippen LogP contribution >= 0.6 is 0 Å². The van der Waals surface area contributed by atoms with Crippen molar-refractivity contribution in [3.8, 4) is 0 Å². The van der Waals surface area contributed by atoms with Gasteiger partial charge in [0.25, 0.3) is 0 Å². The summed E-state index contributed by atoms with van der Waals surface area (Å²) in [6.45, 7) is 3.74. The van der Waals surface area contributed by atoms with Crippen LogP contribution in [-0.2, 0) is 0 Å². The molecule has 0 heterocycles. The maximum atomic E-state index is 3.74. The molecule has 0 unspecified atom stereocenters. The Morgan fingerprint density at radius 3 is 2.33 bits per heavy atom. The molecule has 1 radical (unpaired) electrons. The van der Waals surface area contributed by atoms with Crippen LogP contribution in [0.1, 0.15) is 17.9 Å². The fraction of sp³-hybridized carbons (Fsp3) is 0.133. The molecule has 0 saturated heterocycles. The zero-order chi connectivity index (χ0) is 10.5. The average Bonchev–Trinajstić information content (AvgIpc) is 2.32. The first-order valence-corrected chi connectivity index (χ1v) is 5.28. The smallest absolute Gasteiger partial charge is 0.0225 e. The van der Waals surface area contributed by atoms with E-state index in [1.165, 1.54) is 11.5 Å². The summed E-state index contributed by atoms with van der Waals surface area (Å²) in [5.74, 6) is 1.76. The van der Waals surface area contributed by atoms with E-state index in [2.05, 4.69) is 61.2 Å². The van der Waals surface area contributed by atoms with Crippen molar-refractivity contribution in [2.45, 2.75) is 12.3 Å². The zero-order valence-corrected chi connectivity index (χ0v) is 8.77. The molecule has 15 heavy (non-hydrogen) atoms. The summed E-state index contributed by atoms with van der Waals surface area (Å²) < 4.78 is 0. The lowest BCUT2D eigenvalue weighted by atomic mass is 9.89. The van der Waals surface area contributed by atoms with E-state index in [9.17, 15) is 0 Å². The highest BCUT2D eigenvalue weighted by molar-refractivity contribution is 5.38. The van der Waals surface area contributed by atoms with Gasteiger partial charge in [0.05, 0.1) is 0 Å². The van der Waals surface area contributed by atoms with Crippen molar-refractivity contribution in [3.63, 3.8) is 0 Å². The molecule has 0 nitrogen and oxygen atoms in total. The van der Waals surface area contributed by atoms with E-state index in [1.54, 1.807) is 0 Å². The molecular formula is C15H15. The molecule has 1 aromatic carbocycles. The summed E-state index contributed by atoms with van der Waals surface area (Å²) in [6, 6.07) is 10.5. The van der Waals surface area contributed by atoms with Crippen LogP contribution in [0.5, 0.6) is 0 Å². The summed E-state index contributed by atoms with van der Waals surface area (Å²) >= 11 is 0. The van der Waals surface area contributed by atoms with Crippen LogP contribution in [0.25, 0.3) is 0 Å². The Hall–Kier alpha value is -1.56. The minimum absolute atomic E-state index is 0.430. The Bertz CT molecular complexity index is 356. The molecule has 0 aromatic heterocycles. The molecule has 1 aromatic rings. The molecule has 0 aliphatic heterocycles. The average molecular weight is 195 g/mol. The van der Waals surface area contributed by atoms with E-state index in [1.807, 2.05) is 6.08 Å². The third-order valence-electron chi connectivity index (χ3n) is 2.60. The molecule has 0 spiro atoms. The van der Waals surface area contributed by atoms with Gasteiger partial charge in [-0.15, -0.1) is 6.58 Å². The third-order valence-corrected chi connectivity index (χ3v) is 2.60. The summed E-state index contributed by atoms with van der Waals surface area (Å²) in [7, 11) is 0. The summed E-state index contributed by atoms with van der Waals surface area (Å²) in [5, 5.41) is 0. The van der Waals surface area contributed by atoms with Gasteiger partial charge in [-0.25, -0.2) is 0 Å². The van der Waals surface area contributed by atoms with Gasteiger partial charge < -0.3 is 0 Å². The van der Waals surface area contributed by atoms with Gasteiger partial charge >= 0.3 is 0 Å². The number of benzene rings is 1. The molecular weight excluding hydrogens is 180 g/mol. The highest BCUT2D eigenvalue weighted by Gasteiger charge is 2.09. The predicted octanol–water partition coefficient (Wildman–Crippen LogP) is 4.05. The Kier molecular flexibility index (Phi) is 3.18. The van der Waals surface area contributed by atoms with Gasteiger partial charge in [-0.3, -0.25) is 0 Å². The SMILES string of the molecule is C=CC[C]1C=CC(c2ccccc2)C=C1. The minimum atomic E-state index is 0.430. The lowest BCUT2D eigenvalue weighted by Gasteiger charge is -2.15. The first kappa shape index (κ1) is 9.97. The summed E-state index contributed by atoms with van der Waals surface area (Å²) in [4.78, 5) is 0. The normalized spacial score (nSPS) is 16.8. The third kappa shape index (κ3) is 2.47. The van der Waals surface area contributed by atoms with Crippen LogP contribution in [0.15, 0.2) is 67.3 Å². The van der Waals surface area contributed by atoms with Crippen molar-refractivity contribution in [2.75, 3.05) is 0 Å². The first-order valence-electron chi connectivity index (χ1n) is 5.28. The van der Waals surface area contributed by atoms with E-state index in [-0.39, 0.29) is 0 Å². The van der Waals surface area contributed by atoms with E-state index in [0.29, 0.717) is 5.92 Å². The molecule has 0 N–H and O–H groups in total. The second kappa shape index (κ2) is 4.79. The highest BCUT2D eigenvalue weighted by atomic mass is 14.1. The lowest BCUT2D eigenvalue weighted by Crippen LogP contribution is -1.98. The minimum Gasteiger partial charge on any atom is -0.103 e. The van der Waals surface area contributed by atoms with E-state index >= 15 is 0 Å².